The number of carbonyl (C=O) groups is 1. The number of hydrogen-bond acceptors (Lipinski definition) is 3. The molecule has 0 saturated carbocycles. The molecular weight excluding hydrogens is 254 g/mol. The van der Waals surface area contributed by atoms with Gasteiger partial charge in [-0.1, -0.05) is 12.1 Å². The molecule has 0 saturated heterocycles. The lowest BCUT2D eigenvalue weighted by molar-refractivity contribution is 0.249. The second-order valence-electron chi connectivity index (χ2n) is 4.61. The molecule has 0 spiro atoms. The molecule has 0 radical (unpaired) electrons. The summed E-state index contributed by atoms with van der Waals surface area (Å²) in [6.07, 6.45) is 3.93. The molecule has 104 valence electrons. The molecule has 0 bridgehead atoms. The molecule has 1 aromatic heterocycles. The van der Waals surface area contributed by atoms with Crippen LogP contribution >= 0.6 is 0 Å². The van der Waals surface area contributed by atoms with E-state index >= 15 is 0 Å². The molecule has 0 aliphatic carbocycles. The lowest BCUT2D eigenvalue weighted by Crippen LogP contribution is -2.37. The maximum atomic E-state index is 11.8. The van der Waals surface area contributed by atoms with E-state index in [0.717, 1.165) is 5.56 Å². The summed E-state index contributed by atoms with van der Waals surface area (Å²) in [5.74, 6) is 0.240. The van der Waals surface area contributed by atoms with Gasteiger partial charge in [-0.25, -0.2) is 4.79 Å². The number of phenolic OH excluding ortho intramolecular Hbond substituents is 1. The van der Waals surface area contributed by atoms with Crippen molar-refractivity contribution in [1.29, 1.82) is 0 Å². The SMILES string of the molecule is C[C@@H](Cc1ccc(O)cc1)NC(=O)Nc1cccnc1. The van der Waals surface area contributed by atoms with Gasteiger partial charge in [0.2, 0.25) is 0 Å². The van der Waals surface area contributed by atoms with Crippen molar-refractivity contribution < 1.29 is 9.90 Å². The van der Waals surface area contributed by atoms with Gasteiger partial charge in [-0.2, -0.15) is 0 Å². The molecule has 5 heteroatoms. The molecule has 0 unspecified atom stereocenters. The zero-order valence-corrected chi connectivity index (χ0v) is 11.2. The predicted molar refractivity (Wildman–Crippen MR) is 77.7 cm³/mol. The molecule has 3 N–H and O–H groups in total. The third-order valence-electron chi connectivity index (χ3n) is 2.78. The summed E-state index contributed by atoms with van der Waals surface area (Å²) in [7, 11) is 0. The number of nitrogens with one attached hydrogen (secondary N) is 2. The van der Waals surface area contributed by atoms with Crippen LogP contribution < -0.4 is 10.6 Å². The van der Waals surface area contributed by atoms with Gasteiger partial charge >= 0.3 is 6.03 Å². The van der Waals surface area contributed by atoms with E-state index in [1.807, 2.05) is 19.1 Å². The molecule has 1 heterocycles. The Hall–Kier alpha value is -2.56. The molecule has 0 fully saturated rings. The van der Waals surface area contributed by atoms with Gasteiger partial charge in [0.15, 0.2) is 0 Å². The van der Waals surface area contributed by atoms with Gasteiger partial charge in [-0.3, -0.25) is 4.98 Å². The van der Waals surface area contributed by atoms with E-state index in [9.17, 15) is 9.90 Å². The zero-order chi connectivity index (χ0) is 14.4. The van der Waals surface area contributed by atoms with Gasteiger partial charge in [-0.15, -0.1) is 0 Å². The fraction of sp³-hybridized carbons (Fsp3) is 0.200. The Morgan fingerprint density at radius 2 is 2.05 bits per heavy atom. The Bertz CT molecular complexity index is 555. The lowest BCUT2D eigenvalue weighted by Gasteiger charge is -2.14. The second-order valence-corrected chi connectivity index (χ2v) is 4.61. The van der Waals surface area contributed by atoms with Crippen LogP contribution in [0.3, 0.4) is 0 Å². The van der Waals surface area contributed by atoms with Crippen LogP contribution in [0.1, 0.15) is 12.5 Å². The largest absolute Gasteiger partial charge is 0.508 e. The molecule has 0 aliphatic rings. The van der Waals surface area contributed by atoms with Gasteiger partial charge in [0.05, 0.1) is 11.9 Å². The number of nitrogens with zero attached hydrogens (tertiary/aromatic N) is 1. The summed E-state index contributed by atoms with van der Waals surface area (Å²) >= 11 is 0. The van der Waals surface area contributed by atoms with E-state index in [4.69, 9.17) is 0 Å². The Balaban J connectivity index is 1.83. The molecule has 20 heavy (non-hydrogen) atoms. The highest BCUT2D eigenvalue weighted by atomic mass is 16.3. The van der Waals surface area contributed by atoms with Crippen molar-refractivity contribution in [1.82, 2.24) is 10.3 Å². The van der Waals surface area contributed by atoms with Crippen LogP contribution in [-0.4, -0.2) is 22.2 Å². The first-order valence-corrected chi connectivity index (χ1v) is 6.39. The third kappa shape index (κ3) is 4.28. The first-order valence-electron chi connectivity index (χ1n) is 6.39. The standard InChI is InChI=1S/C15H17N3O2/c1-11(9-12-4-6-14(19)7-5-12)17-15(20)18-13-3-2-8-16-10-13/h2-8,10-11,19H,9H2,1H3,(H2,17,18,20)/t11-/m0/s1. The summed E-state index contributed by atoms with van der Waals surface area (Å²) in [5.41, 5.74) is 1.71. The number of amides is 2. The average molecular weight is 271 g/mol. The molecule has 2 amide bonds. The van der Waals surface area contributed by atoms with Crippen LogP contribution in [0.2, 0.25) is 0 Å². The van der Waals surface area contributed by atoms with E-state index in [-0.39, 0.29) is 17.8 Å². The monoisotopic (exact) mass is 271 g/mol. The van der Waals surface area contributed by atoms with Crippen LogP contribution in [-0.2, 0) is 6.42 Å². The van der Waals surface area contributed by atoms with Gasteiger partial charge in [0.1, 0.15) is 5.75 Å². The summed E-state index contributed by atoms with van der Waals surface area (Å²) in [6.45, 7) is 1.93. The van der Waals surface area contributed by atoms with E-state index in [1.165, 1.54) is 0 Å². The van der Waals surface area contributed by atoms with Crippen molar-refractivity contribution in [3.05, 3.63) is 54.4 Å². The van der Waals surface area contributed by atoms with E-state index in [2.05, 4.69) is 15.6 Å². The van der Waals surface area contributed by atoms with Crippen LogP contribution in [0.4, 0.5) is 10.5 Å². The quantitative estimate of drug-likeness (QED) is 0.800. The number of pyridine rings is 1. The Morgan fingerprint density at radius 1 is 1.30 bits per heavy atom. The van der Waals surface area contributed by atoms with Crippen LogP contribution in [0.15, 0.2) is 48.8 Å². The molecule has 1 aromatic carbocycles. The average Bonchev–Trinajstić information content (AvgIpc) is 2.42. The first-order chi connectivity index (χ1) is 9.63. The van der Waals surface area contributed by atoms with Gasteiger partial charge in [0, 0.05) is 12.2 Å². The van der Waals surface area contributed by atoms with E-state index < -0.39 is 0 Å². The Kier molecular flexibility index (Phi) is 4.55. The number of carbonyl (C=O) groups excluding carboxylic acids is 1. The van der Waals surface area contributed by atoms with Gasteiger partial charge < -0.3 is 15.7 Å². The smallest absolute Gasteiger partial charge is 0.319 e. The molecule has 5 nitrogen and oxygen atoms in total. The fourth-order valence-corrected chi connectivity index (χ4v) is 1.86. The third-order valence-corrected chi connectivity index (χ3v) is 2.78. The number of aromatic hydroxyl groups is 1. The fourth-order valence-electron chi connectivity index (χ4n) is 1.86. The van der Waals surface area contributed by atoms with E-state index in [0.29, 0.717) is 12.1 Å². The predicted octanol–water partition coefficient (Wildman–Crippen LogP) is 2.54. The van der Waals surface area contributed by atoms with Crippen molar-refractivity contribution in [2.24, 2.45) is 0 Å². The van der Waals surface area contributed by atoms with Gasteiger partial charge in [0.25, 0.3) is 0 Å². The number of urea groups is 1. The van der Waals surface area contributed by atoms with Crippen molar-refractivity contribution in [2.45, 2.75) is 19.4 Å². The molecular formula is C15H17N3O2. The Morgan fingerprint density at radius 3 is 2.70 bits per heavy atom. The van der Waals surface area contributed by atoms with Gasteiger partial charge in [-0.05, 0) is 43.2 Å². The minimum atomic E-state index is -0.260. The second kappa shape index (κ2) is 6.56. The highest BCUT2D eigenvalue weighted by molar-refractivity contribution is 5.89. The number of aromatic nitrogens is 1. The van der Waals surface area contributed by atoms with Crippen LogP contribution in [0, 0.1) is 0 Å². The number of benzene rings is 1. The lowest BCUT2D eigenvalue weighted by atomic mass is 10.1. The first kappa shape index (κ1) is 13.9. The molecule has 2 aromatic rings. The maximum Gasteiger partial charge on any atom is 0.319 e. The normalized spacial score (nSPS) is 11.7. The van der Waals surface area contributed by atoms with Crippen molar-refractivity contribution >= 4 is 11.7 Å². The molecule has 0 aliphatic heterocycles. The zero-order valence-electron chi connectivity index (χ0n) is 11.2. The Labute approximate surface area is 117 Å². The topological polar surface area (TPSA) is 74.2 Å². The summed E-state index contributed by atoms with van der Waals surface area (Å²) in [4.78, 5) is 15.7. The summed E-state index contributed by atoms with van der Waals surface area (Å²) in [6, 6.07) is 10.2. The highest BCUT2D eigenvalue weighted by Gasteiger charge is 2.08. The number of anilines is 1. The van der Waals surface area contributed by atoms with Crippen LogP contribution in [0.25, 0.3) is 0 Å². The minimum absolute atomic E-state index is 0.0174. The minimum Gasteiger partial charge on any atom is -0.508 e. The van der Waals surface area contributed by atoms with Crippen molar-refractivity contribution in [2.75, 3.05) is 5.32 Å². The molecule has 2 rings (SSSR count). The van der Waals surface area contributed by atoms with E-state index in [1.54, 1.807) is 36.7 Å². The number of rotatable bonds is 4. The summed E-state index contributed by atoms with van der Waals surface area (Å²) in [5, 5.41) is 14.8. The van der Waals surface area contributed by atoms with Crippen molar-refractivity contribution in [3.63, 3.8) is 0 Å². The maximum absolute atomic E-state index is 11.8. The number of phenols is 1. The summed E-state index contributed by atoms with van der Waals surface area (Å²) < 4.78 is 0. The highest BCUT2D eigenvalue weighted by Crippen LogP contribution is 2.11. The molecule has 1 atom stereocenters. The van der Waals surface area contributed by atoms with Crippen LogP contribution in [0.5, 0.6) is 5.75 Å². The van der Waals surface area contributed by atoms with Crippen molar-refractivity contribution in [3.8, 4) is 5.75 Å². The number of hydrogen-bond donors (Lipinski definition) is 3.